The SMILES string of the molecule is COc1ccc(CN2C(=O)NC(CC(=O)Nc3c(C)nn(C(C)C)c3C)C2=O)cc1. The molecule has 0 saturated carbocycles. The summed E-state index contributed by atoms with van der Waals surface area (Å²) in [5, 5.41) is 9.87. The number of amides is 4. The lowest BCUT2D eigenvalue weighted by Gasteiger charge is -2.13. The number of nitrogens with one attached hydrogen (secondary N) is 2. The zero-order chi connectivity index (χ0) is 22.0. The van der Waals surface area contributed by atoms with Crippen LogP contribution in [0.2, 0.25) is 0 Å². The molecule has 2 N–H and O–H groups in total. The topological polar surface area (TPSA) is 106 Å². The van der Waals surface area contributed by atoms with Gasteiger partial charge in [0.05, 0.1) is 37.2 Å². The molecule has 160 valence electrons. The number of hydrogen-bond donors (Lipinski definition) is 2. The maximum absolute atomic E-state index is 12.7. The van der Waals surface area contributed by atoms with Crippen molar-refractivity contribution in [3.05, 3.63) is 41.2 Å². The second-order valence-corrected chi connectivity index (χ2v) is 7.61. The molecule has 1 aromatic heterocycles. The molecule has 0 bridgehead atoms. The molecule has 2 heterocycles. The molecule has 0 aliphatic carbocycles. The maximum Gasteiger partial charge on any atom is 0.325 e. The number of carbonyl (C=O) groups is 3. The number of methoxy groups -OCH3 is 1. The lowest BCUT2D eigenvalue weighted by atomic mass is 10.1. The number of anilines is 1. The Balaban J connectivity index is 1.64. The number of rotatable bonds is 7. The van der Waals surface area contributed by atoms with E-state index in [2.05, 4.69) is 15.7 Å². The Labute approximate surface area is 175 Å². The molecule has 3 rings (SSSR count). The van der Waals surface area contributed by atoms with Crippen molar-refractivity contribution in [2.45, 2.75) is 52.7 Å². The maximum atomic E-state index is 12.7. The van der Waals surface area contributed by atoms with Crippen molar-refractivity contribution in [2.75, 3.05) is 12.4 Å². The van der Waals surface area contributed by atoms with Crippen molar-refractivity contribution in [3.63, 3.8) is 0 Å². The predicted molar refractivity (Wildman–Crippen MR) is 111 cm³/mol. The largest absolute Gasteiger partial charge is 0.497 e. The Hall–Kier alpha value is -3.36. The normalized spacial score (nSPS) is 16.2. The molecule has 1 saturated heterocycles. The van der Waals surface area contributed by atoms with E-state index in [1.807, 2.05) is 32.4 Å². The van der Waals surface area contributed by atoms with Gasteiger partial charge in [-0.25, -0.2) is 4.79 Å². The van der Waals surface area contributed by atoms with Crippen molar-refractivity contribution in [3.8, 4) is 5.75 Å². The van der Waals surface area contributed by atoms with Gasteiger partial charge in [-0.15, -0.1) is 0 Å². The van der Waals surface area contributed by atoms with Crippen LogP contribution in [-0.4, -0.2) is 45.7 Å². The van der Waals surface area contributed by atoms with Gasteiger partial charge >= 0.3 is 6.03 Å². The van der Waals surface area contributed by atoms with Crippen LogP contribution in [0.5, 0.6) is 5.75 Å². The van der Waals surface area contributed by atoms with Crippen LogP contribution >= 0.6 is 0 Å². The number of ether oxygens (including phenoxy) is 1. The fourth-order valence-corrected chi connectivity index (χ4v) is 3.50. The van der Waals surface area contributed by atoms with Gasteiger partial charge in [0.25, 0.3) is 5.91 Å². The molecule has 2 aromatic rings. The van der Waals surface area contributed by atoms with Gasteiger partial charge in [0.1, 0.15) is 11.8 Å². The fraction of sp³-hybridized carbons (Fsp3) is 0.429. The molecule has 1 fully saturated rings. The van der Waals surface area contributed by atoms with Crippen LogP contribution in [0.3, 0.4) is 0 Å². The van der Waals surface area contributed by atoms with Crippen LogP contribution in [0.1, 0.15) is 43.3 Å². The number of nitrogens with zero attached hydrogens (tertiary/aromatic N) is 3. The summed E-state index contributed by atoms with van der Waals surface area (Å²) in [6, 6.07) is 5.87. The summed E-state index contributed by atoms with van der Waals surface area (Å²) in [4.78, 5) is 38.6. The molecular weight excluding hydrogens is 386 g/mol. The van der Waals surface area contributed by atoms with E-state index < -0.39 is 18.0 Å². The summed E-state index contributed by atoms with van der Waals surface area (Å²) in [5.74, 6) is -0.0800. The Morgan fingerprint density at radius 1 is 1.23 bits per heavy atom. The second-order valence-electron chi connectivity index (χ2n) is 7.61. The average Bonchev–Trinajstić information content (AvgIpc) is 3.13. The molecule has 1 aromatic carbocycles. The first-order valence-electron chi connectivity index (χ1n) is 9.81. The minimum absolute atomic E-state index is 0.131. The fourth-order valence-electron chi connectivity index (χ4n) is 3.50. The highest BCUT2D eigenvalue weighted by atomic mass is 16.5. The van der Waals surface area contributed by atoms with Gasteiger partial charge in [0, 0.05) is 6.04 Å². The summed E-state index contributed by atoms with van der Waals surface area (Å²) < 4.78 is 6.95. The number of urea groups is 1. The third-order valence-corrected chi connectivity index (χ3v) is 5.07. The van der Waals surface area contributed by atoms with Gasteiger partial charge in [-0.3, -0.25) is 19.2 Å². The number of carbonyl (C=O) groups excluding carboxylic acids is 3. The monoisotopic (exact) mass is 413 g/mol. The average molecular weight is 413 g/mol. The van der Waals surface area contributed by atoms with Crippen molar-refractivity contribution in [1.29, 1.82) is 0 Å². The molecule has 1 atom stereocenters. The summed E-state index contributed by atoms with van der Waals surface area (Å²) >= 11 is 0. The zero-order valence-corrected chi connectivity index (χ0v) is 17.9. The third-order valence-electron chi connectivity index (χ3n) is 5.07. The van der Waals surface area contributed by atoms with Crippen LogP contribution in [0.15, 0.2) is 24.3 Å². The molecule has 1 aliphatic rings. The number of hydrogen-bond acceptors (Lipinski definition) is 5. The number of aryl methyl sites for hydroxylation is 1. The van der Waals surface area contributed by atoms with Crippen LogP contribution < -0.4 is 15.4 Å². The van der Waals surface area contributed by atoms with Crippen LogP contribution in [0.4, 0.5) is 10.5 Å². The minimum atomic E-state index is -0.892. The van der Waals surface area contributed by atoms with Gasteiger partial charge in [-0.1, -0.05) is 12.1 Å². The van der Waals surface area contributed by atoms with Crippen LogP contribution in [0.25, 0.3) is 0 Å². The summed E-state index contributed by atoms with van der Waals surface area (Å²) in [6.45, 7) is 7.85. The van der Waals surface area contributed by atoms with E-state index in [9.17, 15) is 14.4 Å². The molecule has 0 radical (unpaired) electrons. The lowest BCUT2D eigenvalue weighted by molar-refractivity contribution is -0.130. The molecule has 9 nitrogen and oxygen atoms in total. The standard InChI is InChI=1S/C21H27N5O4/c1-12(2)26-14(4)19(13(3)24-26)23-18(27)10-17-20(28)25(21(29)22-17)11-15-6-8-16(30-5)9-7-15/h6-9,12,17H,10-11H2,1-5H3,(H,22,29)(H,23,27). The molecular formula is C21H27N5O4. The van der Waals surface area contributed by atoms with E-state index in [1.165, 1.54) is 0 Å². The molecule has 0 spiro atoms. The van der Waals surface area contributed by atoms with Crippen molar-refractivity contribution < 1.29 is 19.1 Å². The highest BCUT2D eigenvalue weighted by Crippen LogP contribution is 2.23. The van der Waals surface area contributed by atoms with Gasteiger partial charge in [-0.2, -0.15) is 5.10 Å². The Bertz CT molecular complexity index is 965. The van der Waals surface area contributed by atoms with E-state index >= 15 is 0 Å². The third kappa shape index (κ3) is 4.29. The van der Waals surface area contributed by atoms with E-state index in [-0.39, 0.29) is 24.9 Å². The zero-order valence-electron chi connectivity index (χ0n) is 17.9. The van der Waals surface area contributed by atoms with E-state index in [0.29, 0.717) is 17.1 Å². The van der Waals surface area contributed by atoms with Crippen molar-refractivity contribution in [1.82, 2.24) is 20.0 Å². The quantitative estimate of drug-likeness (QED) is 0.679. The molecule has 1 unspecified atom stereocenters. The molecule has 30 heavy (non-hydrogen) atoms. The lowest BCUT2D eigenvalue weighted by Crippen LogP contribution is -2.34. The Morgan fingerprint density at radius 2 is 1.90 bits per heavy atom. The van der Waals surface area contributed by atoms with E-state index in [1.54, 1.807) is 31.4 Å². The molecule has 1 aliphatic heterocycles. The minimum Gasteiger partial charge on any atom is -0.497 e. The number of aromatic nitrogens is 2. The van der Waals surface area contributed by atoms with Crippen molar-refractivity contribution in [2.24, 2.45) is 0 Å². The smallest absolute Gasteiger partial charge is 0.325 e. The first-order chi connectivity index (χ1) is 14.2. The highest BCUT2D eigenvalue weighted by Gasteiger charge is 2.39. The number of benzene rings is 1. The van der Waals surface area contributed by atoms with Crippen LogP contribution in [0, 0.1) is 13.8 Å². The second kappa shape index (κ2) is 8.56. The van der Waals surface area contributed by atoms with E-state index in [4.69, 9.17) is 4.74 Å². The molecule has 9 heteroatoms. The Morgan fingerprint density at radius 3 is 2.47 bits per heavy atom. The van der Waals surface area contributed by atoms with Gasteiger partial charge < -0.3 is 15.4 Å². The van der Waals surface area contributed by atoms with Gasteiger partial charge in [0.2, 0.25) is 5.91 Å². The molecule has 4 amide bonds. The summed E-state index contributed by atoms with van der Waals surface area (Å²) in [5.41, 5.74) is 2.98. The summed E-state index contributed by atoms with van der Waals surface area (Å²) in [7, 11) is 1.57. The first-order valence-corrected chi connectivity index (χ1v) is 9.81. The highest BCUT2D eigenvalue weighted by molar-refractivity contribution is 6.07. The van der Waals surface area contributed by atoms with Gasteiger partial charge in [-0.05, 0) is 45.4 Å². The van der Waals surface area contributed by atoms with Gasteiger partial charge in [0.15, 0.2) is 0 Å². The Kier molecular flexibility index (Phi) is 6.09. The summed E-state index contributed by atoms with van der Waals surface area (Å²) in [6.07, 6.45) is -0.143. The van der Waals surface area contributed by atoms with E-state index in [0.717, 1.165) is 16.2 Å². The van der Waals surface area contributed by atoms with Crippen LogP contribution in [-0.2, 0) is 16.1 Å². The first kappa shape index (κ1) is 21.4. The number of imide groups is 1. The predicted octanol–water partition coefficient (Wildman–Crippen LogP) is 2.54. The van der Waals surface area contributed by atoms with Crippen molar-refractivity contribution >= 4 is 23.5 Å².